The van der Waals surface area contributed by atoms with Gasteiger partial charge in [-0.1, -0.05) is 13.8 Å². The van der Waals surface area contributed by atoms with Crippen molar-refractivity contribution < 1.29 is 27.5 Å². The van der Waals surface area contributed by atoms with Crippen LogP contribution in [0.2, 0.25) is 0 Å². The first-order valence-corrected chi connectivity index (χ1v) is 10.00. The molecule has 0 saturated heterocycles. The number of hydrogen-bond donors (Lipinski definition) is 2. The Morgan fingerprint density at radius 2 is 1.81 bits per heavy atom. The molecular formula is C18H28N2O6S. The molecular weight excluding hydrogens is 372 g/mol. The Morgan fingerprint density at radius 3 is 2.33 bits per heavy atom. The minimum Gasteiger partial charge on any atom is -0.495 e. The van der Waals surface area contributed by atoms with Gasteiger partial charge in [-0.2, -0.15) is 0 Å². The van der Waals surface area contributed by atoms with Crippen LogP contribution in [0.4, 0.5) is 0 Å². The Labute approximate surface area is 160 Å². The van der Waals surface area contributed by atoms with Gasteiger partial charge >= 0.3 is 5.97 Å². The highest BCUT2D eigenvalue weighted by Gasteiger charge is 2.26. The fourth-order valence-electron chi connectivity index (χ4n) is 2.06. The number of sulfonamides is 1. The summed E-state index contributed by atoms with van der Waals surface area (Å²) in [7, 11) is -2.59. The molecule has 0 atom stereocenters. The number of nitrogens with one attached hydrogen (secondary N) is 2. The Hall–Kier alpha value is -2.13. The van der Waals surface area contributed by atoms with E-state index in [1.54, 1.807) is 20.8 Å². The molecule has 0 bridgehead atoms. The molecule has 1 rings (SSSR count). The minimum absolute atomic E-state index is 0.00161. The van der Waals surface area contributed by atoms with Crippen molar-refractivity contribution >= 4 is 21.9 Å². The van der Waals surface area contributed by atoms with Crippen LogP contribution in [0.1, 0.15) is 45.0 Å². The zero-order chi connectivity index (χ0) is 20.8. The van der Waals surface area contributed by atoms with Gasteiger partial charge in [0, 0.05) is 12.1 Å². The van der Waals surface area contributed by atoms with E-state index in [-0.39, 0.29) is 22.1 Å². The molecule has 0 spiro atoms. The number of hydrogen-bond acceptors (Lipinski definition) is 6. The van der Waals surface area contributed by atoms with Crippen molar-refractivity contribution in [3.8, 4) is 5.75 Å². The van der Waals surface area contributed by atoms with Crippen LogP contribution in [-0.4, -0.2) is 46.1 Å². The van der Waals surface area contributed by atoms with Crippen molar-refractivity contribution in [1.29, 1.82) is 0 Å². The van der Waals surface area contributed by atoms with E-state index in [0.717, 1.165) is 0 Å². The van der Waals surface area contributed by atoms with E-state index in [0.29, 0.717) is 6.54 Å². The summed E-state index contributed by atoms with van der Waals surface area (Å²) in [6.45, 7) is 9.01. The molecule has 0 unspecified atom stereocenters. The quantitative estimate of drug-likeness (QED) is 0.643. The van der Waals surface area contributed by atoms with E-state index in [9.17, 15) is 18.0 Å². The molecule has 0 radical (unpaired) electrons. The second kappa shape index (κ2) is 9.18. The number of benzene rings is 1. The van der Waals surface area contributed by atoms with Crippen LogP contribution in [0.3, 0.4) is 0 Å². The van der Waals surface area contributed by atoms with E-state index in [1.165, 1.54) is 25.3 Å². The molecule has 0 aliphatic carbocycles. The lowest BCUT2D eigenvalue weighted by atomic mass is 10.1. The molecule has 152 valence electrons. The molecule has 1 aromatic carbocycles. The lowest BCUT2D eigenvalue weighted by Crippen LogP contribution is -2.40. The Morgan fingerprint density at radius 1 is 1.19 bits per heavy atom. The highest BCUT2D eigenvalue weighted by Crippen LogP contribution is 2.26. The summed E-state index contributed by atoms with van der Waals surface area (Å²) < 4.78 is 37.8. The largest absolute Gasteiger partial charge is 0.495 e. The summed E-state index contributed by atoms with van der Waals surface area (Å²) in [6.07, 6.45) is 0. The first-order chi connectivity index (χ1) is 12.4. The first-order valence-electron chi connectivity index (χ1n) is 8.51. The van der Waals surface area contributed by atoms with E-state index < -0.39 is 34.0 Å². The number of methoxy groups -OCH3 is 1. The predicted molar refractivity (Wildman–Crippen MR) is 101 cm³/mol. The molecule has 0 heterocycles. The average Bonchev–Trinajstić information content (AvgIpc) is 2.55. The summed E-state index contributed by atoms with van der Waals surface area (Å²) in [5.74, 6) is -0.857. The highest BCUT2D eigenvalue weighted by atomic mass is 32.2. The SMILES string of the molecule is COc1ccc(C(=O)OCC(=O)NCC(C)C)cc1S(=O)(=O)NC(C)(C)C. The molecule has 0 aliphatic rings. The molecule has 8 nitrogen and oxygen atoms in total. The minimum atomic E-state index is -3.93. The van der Waals surface area contributed by atoms with Crippen molar-refractivity contribution in [3.05, 3.63) is 23.8 Å². The van der Waals surface area contributed by atoms with Crippen LogP contribution in [0.25, 0.3) is 0 Å². The van der Waals surface area contributed by atoms with Gasteiger partial charge < -0.3 is 14.8 Å². The van der Waals surface area contributed by atoms with E-state index in [1.807, 2.05) is 13.8 Å². The van der Waals surface area contributed by atoms with Crippen LogP contribution in [0, 0.1) is 5.92 Å². The van der Waals surface area contributed by atoms with Crippen LogP contribution >= 0.6 is 0 Å². The fraction of sp³-hybridized carbons (Fsp3) is 0.556. The molecule has 1 amide bonds. The third kappa shape index (κ3) is 7.56. The van der Waals surface area contributed by atoms with Crippen LogP contribution in [-0.2, 0) is 19.6 Å². The molecule has 9 heteroatoms. The average molecular weight is 400 g/mol. The van der Waals surface area contributed by atoms with E-state index in [2.05, 4.69) is 10.0 Å². The zero-order valence-corrected chi connectivity index (χ0v) is 17.4. The molecule has 0 fully saturated rings. The maximum Gasteiger partial charge on any atom is 0.338 e. The second-order valence-corrected chi connectivity index (χ2v) is 9.15. The number of esters is 1. The molecule has 2 N–H and O–H groups in total. The zero-order valence-electron chi connectivity index (χ0n) is 16.6. The molecule has 0 saturated carbocycles. The maximum atomic E-state index is 12.6. The van der Waals surface area contributed by atoms with Gasteiger partial charge in [0.05, 0.1) is 12.7 Å². The van der Waals surface area contributed by atoms with Crippen molar-refractivity contribution in [2.75, 3.05) is 20.3 Å². The van der Waals surface area contributed by atoms with Gasteiger partial charge in [0.2, 0.25) is 10.0 Å². The lowest BCUT2D eigenvalue weighted by molar-refractivity contribution is -0.124. The third-order valence-corrected chi connectivity index (χ3v) is 4.95. The molecule has 0 aliphatic heterocycles. The van der Waals surface area contributed by atoms with Crippen molar-refractivity contribution in [2.24, 2.45) is 5.92 Å². The summed E-state index contributed by atoms with van der Waals surface area (Å²) in [4.78, 5) is 23.7. The Kier molecular flexibility index (Phi) is 7.79. The monoisotopic (exact) mass is 400 g/mol. The van der Waals surface area contributed by atoms with Gasteiger partial charge in [0.25, 0.3) is 5.91 Å². The summed E-state index contributed by atoms with van der Waals surface area (Å²) in [5, 5.41) is 2.63. The number of carbonyl (C=O) groups is 2. The molecule has 27 heavy (non-hydrogen) atoms. The molecule has 1 aromatic rings. The van der Waals surface area contributed by atoms with Crippen molar-refractivity contribution in [3.63, 3.8) is 0 Å². The summed E-state index contributed by atoms with van der Waals surface area (Å²) in [5.41, 5.74) is -0.712. The van der Waals surface area contributed by atoms with Gasteiger partial charge in [0.15, 0.2) is 6.61 Å². The third-order valence-electron chi connectivity index (χ3n) is 3.17. The van der Waals surface area contributed by atoms with Gasteiger partial charge in [-0.25, -0.2) is 17.9 Å². The van der Waals surface area contributed by atoms with Crippen LogP contribution < -0.4 is 14.8 Å². The number of amides is 1. The van der Waals surface area contributed by atoms with Crippen LogP contribution in [0.15, 0.2) is 23.1 Å². The summed E-state index contributed by atoms with van der Waals surface area (Å²) >= 11 is 0. The smallest absolute Gasteiger partial charge is 0.338 e. The Balaban J connectivity index is 2.97. The maximum absolute atomic E-state index is 12.6. The van der Waals surface area contributed by atoms with Crippen molar-refractivity contribution in [1.82, 2.24) is 10.0 Å². The van der Waals surface area contributed by atoms with Crippen molar-refractivity contribution in [2.45, 2.75) is 45.1 Å². The van der Waals surface area contributed by atoms with Gasteiger partial charge in [-0.3, -0.25) is 4.79 Å². The van der Waals surface area contributed by atoms with E-state index in [4.69, 9.17) is 9.47 Å². The predicted octanol–water partition coefficient (Wildman–Crippen LogP) is 1.70. The lowest BCUT2D eigenvalue weighted by Gasteiger charge is -2.21. The fourth-order valence-corrected chi connectivity index (χ4v) is 3.67. The number of ether oxygens (including phenoxy) is 2. The van der Waals surface area contributed by atoms with Crippen LogP contribution in [0.5, 0.6) is 5.75 Å². The normalized spacial score (nSPS) is 12.0. The summed E-state index contributed by atoms with van der Waals surface area (Å²) in [6, 6.07) is 3.91. The standard InChI is InChI=1S/C18H28N2O6S/c1-12(2)10-19-16(21)11-26-17(22)13-7-8-14(25-6)15(9-13)27(23,24)20-18(3,4)5/h7-9,12,20H,10-11H2,1-6H3,(H,19,21). The Bertz CT molecular complexity index is 782. The van der Waals surface area contributed by atoms with Gasteiger partial charge in [-0.05, 0) is 44.9 Å². The topological polar surface area (TPSA) is 111 Å². The van der Waals surface area contributed by atoms with E-state index >= 15 is 0 Å². The second-order valence-electron chi connectivity index (χ2n) is 7.50. The molecule has 0 aromatic heterocycles. The number of carbonyl (C=O) groups excluding carboxylic acids is 2. The number of rotatable bonds is 8. The first kappa shape index (κ1) is 22.9. The highest BCUT2D eigenvalue weighted by molar-refractivity contribution is 7.89. The van der Waals surface area contributed by atoms with Gasteiger partial charge in [-0.15, -0.1) is 0 Å². The van der Waals surface area contributed by atoms with Gasteiger partial charge in [0.1, 0.15) is 10.6 Å².